The fourth-order valence-corrected chi connectivity index (χ4v) is 1.89. The molecule has 0 unspecified atom stereocenters. The third-order valence-electron chi connectivity index (χ3n) is 3.10. The van der Waals surface area contributed by atoms with Gasteiger partial charge in [-0.3, -0.25) is 0 Å². The fourth-order valence-electron chi connectivity index (χ4n) is 1.89. The Morgan fingerprint density at radius 1 is 0.556 bits per heavy atom. The average Bonchev–Trinajstić information content (AvgIpc) is 2.39. The molecule has 106 valence electrons. The summed E-state index contributed by atoms with van der Waals surface area (Å²) in [4.78, 5) is 0. The van der Waals surface area contributed by atoms with E-state index in [1.807, 2.05) is 12.4 Å². The molecule has 0 atom stereocenters. The smallest absolute Gasteiger partial charge is 0.0270 e. The van der Waals surface area contributed by atoms with Crippen LogP contribution in [0.25, 0.3) is 0 Å². The van der Waals surface area contributed by atoms with Crippen LogP contribution in [0.1, 0.15) is 90.9 Å². The monoisotopic (exact) mass is 252 g/mol. The first kappa shape index (κ1) is 17.3. The maximum absolute atomic E-state index is 4.07. The molecular weight excluding hydrogens is 220 g/mol. The lowest BCUT2D eigenvalue weighted by molar-refractivity contribution is 0.644. The molecule has 0 aliphatic carbocycles. The van der Waals surface area contributed by atoms with Gasteiger partial charge >= 0.3 is 0 Å². The molecule has 2 heteroatoms. The molecule has 0 amide bonds. The predicted octanol–water partition coefficient (Wildman–Crippen LogP) is 5.76. The van der Waals surface area contributed by atoms with E-state index in [2.05, 4.69) is 24.1 Å². The minimum atomic E-state index is 1.08. The SMILES string of the molecule is CCCCCCCC=NN=CCCCCCCC. The summed E-state index contributed by atoms with van der Waals surface area (Å²) < 4.78 is 0. The molecule has 0 aromatic carbocycles. The molecular formula is C16H32N2. The van der Waals surface area contributed by atoms with Crippen molar-refractivity contribution in [2.75, 3.05) is 0 Å². The molecule has 0 bridgehead atoms. The number of nitrogens with zero attached hydrogens (tertiary/aromatic N) is 2. The normalized spacial score (nSPS) is 11.9. The van der Waals surface area contributed by atoms with Gasteiger partial charge in [-0.15, -0.1) is 0 Å². The quantitative estimate of drug-likeness (QED) is 0.226. The van der Waals surface area contributed by atoms with E-state index in [1.165, 1.54) is 64.2 Å². The van der Waals surface area contributed by atoms with Gasteiger partial charge in [0.1, 0.15) is 0 Å². The number of hydrogen-bond donors (Lipinski definition) is 0. The fraction of sp³-hybridized carbons (Fsp3) is 0.875. The first-order valence-corrected chi connectivity index (χ1v) is 7.95. The van der Waals surface area contributed by atoms with Crippen molar-refractivity contribution >= 4 is 12.4 Å². The Morgan fingerprint density at radius 3 is 1.33 bits per heavy atom. The van der Waals surface area contributed by atoms with Gasteiger partial charge in [0.05, 0.1) is 0 Å². The lowest BCUT2D eigenvalue weighted by atomic mass is 10.1. The van der Waals surface area contributed by atoms with Crippen LogP contribution in [-0.4, -0.2) is 12.4 Å². The molecule has 0 aliphatic rings. The van der Waals surface area contributed by atoms with Crippen LogP contribution in [-0.2, 0) is 0 Å². The van der Waals surface area contributed by atoms with Crippen LogP contribution in [0, 0.1) is 0 Å². The highest BCUT2D eigenvalue weighted by atomic mass is 15.2. The predicted molar refractivity (Wildman–Crippen MR) is 83.7 cm³/mol. The van der Waals surface area contributed by atoms with Gasteiger partial charge in [0.25, 0.3) is 0 Å². The van der Waals surface area contributed by atoms with Gasteiger partial charge < -0.3 is 0 Å². The third kappa shape index (κ3) is 15.3. The zero-order chi connectivity index (χ0) is 13.3. The van der Waals surface area contributed by atoms with Crippen LogP contribution in [0.5, 0.6) is 0 Å². The van der Waals surface area contributed by atoms with Crippen LogP contribution < -0.4 is 0 Å². The van der Waals surface area contributed by atoms with Crippen LogP contribution in [0.3, 0.4) is 0 Å². The summed E-state index contributed by atoms with van der Waals surface area (Å²) in [6.07, 6.45) is 19.4. The molecule has 0 aromatic heterocycles. The maximum Gasteiger partial charge on any atom is 0.0270 e. The molecule has 0 aliphatic heterocycles. The summed E-state index contributed by atoms with van der Waals surface area (Å²) in [5.41, 5.74) is 0. The van der Waals surface area contributed by atoms with Gasteiger partial charge in [-0.25, -0.2) is 0 Å². The zero-order valence-corrected chi connectivity index (χ0v) is 12.5. The van der Waals surface area contributed by atoms with E-state index in [9.17, 15) is 0 Å². The van der Waals surface area contributed by atoms with E-state index >= 15 is 0 Å². The lowest BCUT2D eigenvalue weighted by Crippen LogP contribution is -1.81. The van der Waals surface area contributed by atoms with Crippen molar-refractivity contribution in [3.05, 3.63) is 0 Å². The number of rotatable bonds is 13. The van der Waals surface area contributed by atoms with E-state index in [0.29, 0.717) is 0 Å². The Morgan fingerprint density at radius 2 is 0.944 bits per heavy atom. The summed E-state index contributed by atoms with van der Waals surface area (Å²) in [5.74, 6) is 0. The van der Waals surface area contributed by atoms with E-state index in [1.54, 1.807) is 0 Å². The van der Waals surface area contributed by atoms with Crippen molar-refractivity contribution in [3.8, 4) is 0 Å². The maximum atomic E-state index is 4.07. The average molecular weight is 252 g/mol. The van der Waals surface area contributed by atoms with Gasteiger partial charge in [-0.05, 0) is 25.7 Å². The zero-order valence-electron chi connectivity index (χ0n) is 12.5. The Bertz CT molecular complexity index is 175. The Kier molecular flexibility index (Phi) is 15.7. The molecule has 2 nitrogen and oxygen atoms in total. The molecule has 0 heterocycles. The van der Waals surface area contributed by atoms with Gasteiger partial charge in [0, 0.05) is 12.4 Å². The third-order valence-corrected chi connectivity index (χ3v) is 3.10. The molecule has 0 radical (unpaired) electrons. The molecule has 0 aromatic rings. The summed E-state index contributed by atoms with van der Waals surface area (Å²) in [7, 11) is 0. The Balaban J connectivity index is 3.15. The number of unbranched alkanes of at least 4 members (excludes halogenated alkanes) is 10. The van der Waals surface area contributed by atoms with Crippen molar-refractivity contribution in [2.24, 2.45) is 10.2 Å². The topological polar surface area (TPSA) is 24.7 Å². The highest BCUT2D eigenvalue weighted by Gasteiger charge is 1.87. The standard InChI is InChI=1S/C16H32N2/c1-3-5-7-9-11-13-15-17-18-16-14-12-10-8-6-4-2/h15-16H,3-14H2,1-2H3. The van der Waals surface area contributed by atoms with Crippen LogP contribution in [0.2, 0.25) is 0 Å². The molecule has 0 saturated carbocycles. The van der Waals surface area contributed by atoms with Crippen LogP contribution in [0.4, 0.5) is 0 Å². The van der Waals surface area contributed by atoms with Crippen molar-refractivity contribution in [2.45, 2.75) is 90.9 Å². The largest absolute Gasteiger partial charge is 0.164 e. The highest BCUT2D eigenvalue weighted by Crippen LogP contribution is 2.04. The highest BCUT2D eigenvalue weighted by molar-refractivity contribution is 5.61. The van der Waals surface area contributed by atoms with Crippen LogP contribution >= 0.6 is 0 Å². The summed E-state index contributed by atoms with van der Waals surface area (Å²) in [6.45, 7) is 4.50. The Hall–Kier alpha value is -0.660. The first-order valence-electron chi connectivity index (χ1n) is 7.95. The molecule has 0 saturated heterocycles. The first-order chi connectivity index (χ1) is 8.91. The van der Waals surface area contributed by atoms with Crippen LogP contribution in [0.15, 0.2) is 10.2 Å². The molecule has 0 N–H and O–H groups in total. The lowest BCUT2D eigenvalue weighted by Gasteiger charge is -1.95. The van der Waals surface area contributed by atoms with E-state index < -0.39 is 0 Å². The van der Waals surface area contributed by atoms with Gasteiger partial charge in [0.2, 0.25) is 0 Å². The van der Waals surface area contributed by atoms with Gasteiger partial charge in [0.15, 0.2) is 0 Å². The van der Waals surface area contributed by atoms with Gasteiger partial charge in [-0.2, -0.15) is 10.2 Å². The number of hydrogen-bond acceptors (Lipinski definition) is 2. The van der Waals surface area contributed by atoms with Crippen molar-refractivity contribution in [1.82, 2.24) is 0 Å². The van der Waals surface area contributed by atoms with Crippen molar-refractivity contribution in [1.29, 1.82) is 0 Å². The molecule has 18 heavy (non-hydrogen) atoms. The van der Waals surface area contributed by atoms with Crippen molar-refractivity contribution < 1.29 is 0 Å². The summed E-state index contributed by atoms with van der Waals surface area (Å²) >= 11 is 0. The van der Waals surface area contributed by atoms with Crippen molar-refractivity contribution in [3.63, 3.8) is 0 Å². The molecule has 0 rings (SSSR count). The minimum Gasteiger partial charge on any atom is -0.164 e. The summed E-state index contributed by atoms with van der Waals surface area (Å²) in [5, 5.41) is 8.14. The molecule has 0 fully saturated rings. The second-order valence-electron chi connectivity index (χ2n) is 5.00. The minimum absolute atomic E-state index is 1.08. The van der Waals surface area contributed by atoms with E-state index in [4.69, 9.17) is 0 Å². The second-order valence-corrected chi connectivity index (χ2v) is 5.00. The Labute approximate surface area is 114 Å². The molecule has 0 spiro atoms. The summed E-state index contributed by atoms with van der Waals surface area (Å²) in [6, 6.07) is 0. The van der Waals surface area contributed by atoms with Gasteiger partial charge in [-0.1, -0.05) is 65.2 Å². The van der Waals surface area contributed by atoms with E-state index in [0.717, 1.165) is 12.8 Å². The second kappa shape index (κ2) is 16.3. The van der Waals surface area contributed by atoms with E-state index in [-0.39, 0.29) is 0 Å².